The molecule has 0 bridgehead atoms. The number of carbonyl (C=O) groups is 2. The zero-order chi connectivity index (χ0) is 20.5. The van der Waals surface area contributed by atoms with E-state index in [9.17, 15) is 9.59 Å². The van der Waals surface area contributed by atoms with E-state index >= 15 is 0 Å². The maximum absolute atomic E-state index is 12.2. The number of nitrogens with zero attached hydrogens (tertiary/aromatic N) is 3. The number of rotatable bonds is 9. The minimum Gasteiger partial charge on any atom is -0.356 e. The SMILES string of the molecule is CCN1CCN(CCCNC(=O)Cc2csc(NC(=O)c3ccccc3)n2)CC1. The summed E-state index contributed by atoms with van der Waals surface area (Å²) in [5, 5.41) is 8.06. The maximum Gasteiger partial charge on any atom is 0.257 e. The van der Waals surface area contributed by atoms with E-state index in [-0.39, 0.29) is 18.2 Å². The fourth-order valence-corrected chi connectivity index (χ4v) is 4.00. The summed E-state index contributed by atoms with van der Waals surface area (Å²) in [6.07, 6.45) is 1.18. The number of benzene rings is 1. The number of aromatic nitrogens is 1. The van der Waals surface area contributed by atoms with Gasteiger partial charge in [-0.15, -0.1) is 11.3 Å². The Morgan fingerprint density at radius 2 is 1.83 bits per heavy atom. The molecule has 2 amide bonds. The van der Waals surface area contributed by atoms with E-state index in [1.807, 2.05) is 23.6 Å². The summed E-state index contributed by atoms with van der Waals surface area (Å²) in [6.45, 7) is 9.51. The van der Waals surface area contributed by atoms with Gasteiger partial charge in [0.05, 0.1) is 12.1 Å². The highest BCUT2D eigenvalue weighted by atomic mass is 32.1. The Balaban J connectivity index is 1.33. The van der Waals surface area contributed by atoms with Gasteiger partial charge in [-0.3, -0.25) is 14.9 Å². The zero-order valence-corrected chi connectivity index (χ0v) is 17.7. The molecule has 1 aromatic heterocycles. The largest absolute Gasteiger partial charge is 0.356 e. The number of nitrogens with one attached hydrogen (secondary N) is 2. The summed E-state index contributed by atoms with van der Waals surface area (Å²) in [5.41, 5.74) is 1.25. The molecule has 1 aliphatic rings. The highest BCUT2D eigenvalue weighted by Crippen LogP contribution is 2.17. The summed E-state index contributed by atoms with van der Waals surface area (Å²) in [7, 11) is 0. The molecule has 156 valence electrons. The minimum absolute atomic E-state index is 0.0351. The summed E-state index contributed by atoms with van der Waals surface area (Å²) in [6, 6.07) is 9.00. The average Bonchev–Trinajstić information content (AvgIpc) is 3.18. The zero-order valence-electron chi connectivity index (χ0n) is 16.9. The van der Waals surface area contributed by atoms with Gasteiger partial charge in [0.2, 0.25) is 5.91 Å². The third-order valence-electron chi connectivity index (χ3n) is 5.04. The van der Waals surface area contributed by atoms with Crippen LogP contribution in [0, 0.1) is 0 Å². The summed E-state index contributed by atoms with van der Waals surface area (Å²) < 4.78 is 0. The molecule has 3 rings (SSSR count). The van der Waals surface area contributed by atoms with E-state index in [0.29, 0.717) is 22.9 Å². The van der Waals surface area contributed by atoms with Crippen LogP contribution in [0.1, 0.15) is 29.4 Å². The molecule has 2 aromatic rings. The van der Waals surface area contributed by atoms with Gasteiger partial charge in [-0.25, -0.2) is 4.98 Å². The second kappa shape index (κ2) is 11.0. The van der Waals surface area contributed by atoms with Gasteiger partial charge in [0, 0.05) is 43.7 Å². The molecule has 0 atom stereocenters. The predicted molar refractivity (Wildman–Crippen MR) is 116 cm³/mol. The van der Waals surface area contributed by atoms with E-state index in [0.717, 1.165) is 45.7 Å². The van der Waals surface area contributed by atoms with E-state index < -0.39 is 0 Å². The fourth-order valence-electron chi connectivity index (χ4n) is 3.29. The van der Waals surface area contributed by atoms with Crippen molar-refractivity contribution >= 4 is 28.3 Å². The molecule has 2 N–H and O–H groups in total. The van der Waals surface area contributed by atoms with E-state index in [1.165, 1.54) is 11.3 Å². The van der Waals surface area contributed by atoms with Crippen molar-refractivity contribution in [1.29, 1.82) is 0 Å². The lowest BCUT2D eigenvalue weighted by Gasteiger charge is -2.33. The van der Waals surface area contributed by atoms with Gasteiger partial charge < -0.3 is 15.1 Å². The smallest absolute Gasteiger partial charge is 0.257 e. The molecule has 0 aliphatic carbocycles. The van der Waals surface area contributed by atoms with Gasteiger partial charge >= 0.3 is 0 Å². The van der Waals surface area contributed by atoms with E-state index in [1.54, 1.807) is 12.1 Å². The number of amides is 2. The molecule has 29 heavy (non-hydrogen) atoms. The lowest BCUT2D eigenvalue weighted by Crippen LogP contribution is -2.46. The molecule has 1 aliphatic heterocycles. The molecule has 7 nitrogen and oxygen atoms in total. The van der Waals surface area contributed by atoms with Gasteiger partial charge in [-0.1, -0.05) is 25.1 Å². The van der Waals surface area contributed by atoms with Crippen molar-refractivity contribution in [2.45, 2.75) is 19.8 Å². The molecule has 8 heteroatoms. The summed E-state index contributed by atoms with van der Waals surface area (Å²) in [4.78, 5) is 33.6. The van der Waals surface area contributed by atoms with Crippen molar-refractivity contribution in [3.8, 4) is 0 Å². The molecule has 1 saturated heterocycles. The van der Waals surface area contributed by atoms with Crippen molar-refractivity contribution in [1.82, 2.24) is 20.1 Å². The first-order chi connectivity index (χ1) is 14.1. The van der Waals surface area contributed by atoms with Gasteiger partial charge in [-0.05, 0) is 31.6 Å². The lowest BCUT2D eigenvalue weighted by atomic mass is 10.2. The van der Waals surface area contributed by atoms with Crippen molar-refractivity contribution in [3.63, 3.8) is 0 Å². The first-order valence-corrected chi connectivity index (χ1v) is 11.0. The summed E-state index contributed by atoms with van der Waals surface area (Å²) in [5.74, 6) is -0.234. The van der Waals surface area contributed by atoms with Crippen LogP contribution in [0.5, 0.6) is 0 Å². The van der Waals surface area contributed by atoms with Crippen LogP contribution in [-0.2, 0) is 11.2 Å². The molecule has 2 heterocycles. The topological polar surface area (TPSA) is 77.6 Å². The average molecular weight is 416 g/mol. The van der Waals surface area contributed by atoms with Crippen LogP contribution in [-0.4, -0.2) is 72.4 Å². The Hall–Kier alpha value is -2.29. The third kappa shape index (κ3) is 6.92. The van der Waals surface area contributed by atoms with Crippen LogP contribution in [0.4, 0.5) is 5.13 Å². The number of anilines is 1. The van der Waals surface area contributed by atoms with Crippen LogP contribution < -0.4 is 10.6 Å². The monoisotopic (exact) mass is 415 g/mol. The Labute approximate surface area is 176 Å². The highest BCUT2D eigenvalue weighted by molar-refractivity contribution is 7.14. The normalized spacial score (nSPS) is 15.2. The number of carbonyl (C=O) groups excluding carboxylic acids is 2. The number of piperazine rings is 1. The van der Waals surface area contributed by atoms with Crippen molar-refractivity contribution in [3.05, 3.63) is 47.0 Å². The van der Waals surface area contributed by atoms with Crippen LogP contribution in [0.3, 0.4) is 0 Å². The molecule has 0 saturated carbocycles. The van der Waals surface area contributed by atoms with E-state index in [4.69, 9.17) is 0 Å². The Morgan fingerprint density at radius 3 is 2.55 bits per heavy atom. The Kier molecular flexibility index (Phi) is 8.15. The standard InChI is InChI=1S/C21H29N5O2S/c1-2-25-11-13-26(14-12-25)10-6-9-22-19(27)15-18-16-29-21(23-18)24-20(28)17-7-4-3-5-8-17/h3-5,7-8,16H,2,6,9-15H2,1H3,(H,22,27)(H,23,24,28). The molecular formula is C21H29N5O2S. The van der Waals surface area contributed by atoms with E-state index in [2.05, 4.69) is 32.3 Å². The molecule has 0 unspecified atom stereocenters. The van der Waals surface area contributed by atoms with Gasteiger partial charge in [0.25, 0.3) is 5.91 Å². The predicted octanol–water partition coefficient (Wildman–Crippen LogP) is 2.08. The fraction of sp³-hybridized carbons (Fsp3) is 0.476. The number of likely N-dealkylation sites (N-methyl/N-ethyl adjacent to an activating group) is 1. The third-order valence-corrected chi connectivity index (χ3v) is 5.84. The van der Waals surface area contributed by atoms with Gasteiger partial charge in [0.1, 0.15) is 0 Å². The van der Waals surface area contributed by atoms with Gasteiger partial charge in [0.15, 0.2) is 5.13 Å². The molecule has 0 spiro atoms. The quantitative estimate of drug-likeness (QED) is 0.613. The lowest BCUT2D eigenvalue weighted by molar-refractivity contribution is -0.120. The van der Waals surface area contributed by atoms with Crippen LogP contribution in [0.2, 0.25) is 0 Å². The van der Waals surface area contributed by atoms with Crippen molar-refractivity contribution < 1.29 is 9.59 Å². The van der Waals surface area contributed by atoms with Crippen molar-refractivity contribution in [2.24, 2.45) is 0 Å². The van der Waals surface area contributed by atoms with Gasteiger partial charge in [-0.2, -0.15) is 0 Å². The number of thiazole rings is 1. The molecular weight excluding hydrogens is 386 g/mol. The first kappa shape index (κ1) is 21.4. The molecule has 1 aromatic carbocycles. The first-order valence-electron chi connectivity index (χ1n) is 10.2. The number of hydrogen-bond acceptors (Lipinski definition) is 6. The van der Waals surface area contributed by atoms with Crippen LogP contribution >= 0.6 is 11.3 Å². The van der Waals surface area contributed by atoms with Crippen LogP contribution in [0.25, 0.3) is 0 Å². The second-order valence-corrected chi connectivity index (χ2v) is 7.98. The number of hydrogen-bond donors (Lipinski definition) is 2. The van der Waals surface area contributed by atoms with Crippen LogP contribution in [0.15, 0.2) is 35.7 Å². The molecule has 1 fully saturated rings. The maximum atomic E-state index is 12.2. The Morgan fingerprint density at radius 1 is 1.10 bits per heavy atom. The Bertz CT molecular complexity index is 787. The highest BCUT2D eigenvalue weighted by Gasteiger charge is 2.15. The minimum atomic E-state index is -0.198. The molecule has 0 radical (unpaired) electrons. The summed E-state index contributed by atoms with van der Waals surface area (Å²) >= 11 is 1.33. The second-order valence-electron chi connectivity index (χ2n) is 7.12. The van der Waals surface area contributed by atoms with Crippen molar-refractivity contribution in [2.75, 3.05) is 51.1 Å².